The summed E-state index contributed by atoms with van der Waals surface area (Å²) in [5.41, 5.74) is 0.741. The second kappa shape index (κ2) is 6.37. The molecule has 3 rings (SSSR count). The SMILES string of the molecule is OCC1(NCc2nnc(-c3ccccc3)o2)CCCCC1. The highest BCUT2D eigenvalue weighted by Gasteiger charge is 2.31. The van der Waals surface area contributed by atoms with Gasteiger partial charge in [0.1, 0.15) is 0 Å². The van der Waals surface area contributed by atoms with Gasteiger partial charge >= 0.3 is 0 Å². The maximum atomic E-state index is 9.67. The van der Waals surface area contributed by atoms with Crippen LogP contribution in [0.1, 0.15) is 38.0 Å². The molecular formula is C16H21N3O2. The summed E-state index contributed by atoms with van der Waals surface area (Å²) in [5, 5.41) is 21.3. The number of aliphatic hydroxyl groups excluding tert-OH is 1. The van der Waals surface area contributed by atoms with Crippen molar-refractivity contribution in [1.82, 2.24) is 15.5 Å². The molecule has 1 saturated carbocycles. The third-order valence-corrected chi connectivity index (χ3v) is 4.22. The summed E-state index contributed by atoms with van der Waals surface area (Å²) < 4.78 is 5.68. The zero-order valence-corrected chi connectivity index (χ0v) is 12.1. The fourth-order valence-corrected chi connectivity index (χ4v) is 2.90. The largest absolute Gasteiger partial charge is 0.419 e. The van der Waals surface area contributed by atoms with Gasteiger partial charge in [-0.1, -0.05) is 37.5 Å². The molecule has 0 saturated heterocycles. The van der Waals surface area contributed by atoms with Crippen LogP contribution in [0.3, 0.4) is 0 Å². The highest BCUT2D eigenvalue weighted by atomic mass is 16.4. The van der Waals surface area contributed by atoms with Gasteiger partial charge in [-0.15, -0.1) is 10.2 Å². The maximum absolute atomic E-state index is 9.67. The van der Waals surface area contributed by atoms with Crippen molar-refractivity contribution >= 4 is 0 Å². The molecule has 0 aliphatic heterocycles. The number of nitrogens with one attached hydrogen (secondary N) is 1. The average Bonchev–Trinajstić information content (AvgIpc) is 3.04. The van der Waals surface area contributed by atoms with E-state index >= 15 is 0 Å². The Kier molecular flexibility index (Phi) is 4.31. The van der Waals surface area contributed by atoms with Crippen LogP contribution in [0.25, 0.3) is 11.5 Å². The van der Waals surface area contributed by atoms with Gasteiger partial charge < -0.3 is 14.8 Å². The van der Waals surface area contributed by atoms with Gasteiger partial charge in [0.2, 0.25) is 11.8 Å². The van der Waals surface area contributed by atoms with E-state index < -0.39 is 0 Å². The Balaban J connectivity index is 1.65. The number of hydrogen-bond acceptors (Lipinski definition) is 5. The summed E-state index contributed by atoms with van der Waals surface area (Å²) >= 11 is 0. The molecule has 5 heteroatoms. The molecule has 0 amide bonds. The third kappa shape index (κ3) is 3.31. The summed E-state index contributed by atoms with van der Waals surface area (Å²) in [4.78, 5) is 0. The Hall–Kier alpha value is -1.72. The zero-order valence-electron chi connectivity index (χ0n) is 12.1. The van der Waals surface area contributed by atoms with Crippen molar-refractivity contribution in [2.45, 2.75) is 44.2 Å². The number of rotatable bonds is 5. The average molecular weight is 287 g/mol. The van der Waals surface area contributed by atoms with Gasteiger partial charge in [0.15, 0.2) is 0 Å². The fourth-order valence-electron chi connectivity index (χ4n) is 2.90. The van der Waals surface area contributed by atoms with Crippen molar-refractivity contribution in [3.8, 4) is 11.5 Å². The van der Waals surface area contributed by atoms with Crippen LogP contribution in [-0.2, 0) is 6.54 Å². The third-order valence-electron chi connectivity index (χ3n) is 4.22. The smallest absolute Gasteiger partial charge is 0.247 e. The second-order valence-electron chi connectivity index (χ2n) is 5.72. The van der Waals surface area contributed by atoms with Gasteiger partial charge in [0.25, 0.3) is 0 Å². The predicted octanol–water partition coefficient (Wildman–Crippen LogP) is 2.52. The van der Waals surface area contributed by atoms with E-state index in [1.807, 2.05) is 30.3 Å². The molecule has 0 radical (unpaired) electrons. The molecule has 1 fully saturated rings. The summed E-state index contributed by atoms with van der Waals surface area (Å²) in [7, 11) is 0. The quantitative estimate of drug-likeness (QED) is 0.884. The minimum atomic E-state index is -0.181. The van der Waals surface area contributed by atoms with E-state index in [0.29, 0.717) is 18.3 Å². The Morgan fingerprint density at radius 1 is 1.10 bits per heavy atom. The lowest BCUT2D eigenvalue weighted by Crippen LogP contribution is -2.49. The van der Waals surface area contributed by atoms with Crippen LogP contribution in [-0.4, -0.2) is 27.4 Å². The fraction of sp³-hybridized carbons (Fsp3) is 0.500. The molecule has 0 atom stereocenters. The van der Waals surface area contributed by atoms with Gasteiger partial charge in [0, 0.05) is 11.1 Å². The van der Waals surface area contributed by atoms with Gasteiger partial charge in [-0.3, -0.25) is 0 Å². The standard InChI is InChI=1S/C16H21N3O2/c20-12-16(9-5-2-6-10-16)17-11-14-18-19-15(21-14)13-7-3-1-4-8-13/h1,3-4,7-8,17,20H,2,5-6,9-12H2. The second-order valence-corrected chi connectivity index (χ2v) is 5.72. The van der Waals surface area contributed by atoms with Crippen LogP contribution in [0.4, 0.5) is 0 Å². The molecule has 1 aliphatic carbocycles. The zero-order chi connectivity index (χ0) is 14.5. The molecule has 0 unspecified atom stereocenters. The van der Waals surface area contributed by atoms with Crippen molar-refractivity contribution in [3.05, 3.63) is 36.2 Å². The summed E-state index contributed by atoms with van der Waals surface area (Å²) in [5.74, 6) is 1.10. The molecule has 112 valence electrons. The molecular weight excluding hydrogens is 266 g/mol. The van der Waals surface area contributed by atoms with Crippen LogP contribution in [0.15, 0.2) is 34.7 Å². The normalized spacial score (nSPS) is 17.8. The van der Waals surface area contributed by atoms with E-state index in [-0.39, 0.29) is 12.1 Å². The van der Waals surface area contributed by atoms with Crippen LogP contribution >= 0.6 is 0 Å². The van der Waals surface area contributed by atoms with Crippen molar-refractivity contribution < 1.29 is 9.52 Å². The summed E-state index contributed by atoms with van der Waals surface area (Å²) in [6.07, 6.45) is 5.58. The Morgan fingerprint density at radius 3 is 2.57 bits per heavy atom. The topological polar surface area (TPSA) is 71.2 Å². The molecule has 2 N–H and O–H groups in total. The lowest BCUT2D eigenvalue weighted by molar-refractivity contribution is 0.117. The molecule has 0 spiro atoms. The lowest BCUT2D eigenvalue weighted by atomic mass is 9.82. The van der Waals surface area contributed by atoms with Crippen LogP contribution < -0.4 is 5.32 Å². The van der Waals surface area contributed by atoms with Crippen LogP contribution in [0.5, 0.6) is 0 Å². The molecule has 1 aliphatic rings. The lowest BCUT2D eigenvalue weighted by Gasteiger charge is -2.36. The number of aromatic nitrogens is 2. The summed E-state index contributed by atoms with van der Waals surface area (Å²) in [6, 6.07) is 9.74. The maximum Gasteiger partial charge on any atom is 0.247 e. The first-order chi connectivity index (χ1) is 10.3. The van der Waals surface area contributed by atoms with E-state index in [9.17, 15) is 5.11 Å². The van der Waals surface area contributed by atoms with Crippen molar-refractivity contribution in [1.29, 1.82) is 0 Å². The molecule has 21 heavy (non-hydrogen) atoms. The Labute approximate surface area is 124 Å². The van der Waals surface area contributed by atoms with E-state index in [1.54, 1.807) is 0 Å². The van der Waals surface area contributed by atoms with Crippen molar-refractivity contribution in [2.24, 2.45) is 0 Å². The van der Waals surface area contributed by atoms with E-state index in [2.05, 4.69) is 15.5 Å². The van der Waals surface area contributed by atoms with E-state index in [0.717, 1.165) is 31.2 Å². The van der Waals surface area contributed by atoms with Gasteiger partial charge in [-0.2, -0.15) is 0 Å². The molecule has 2 aromatic rings. The van der Waals surface area contributed by atoms with Gasteiger partial charge in [0.05, 0.1) is 13.2 Å². The highest BCUT2D eigenvalue weighted by Crippen LogP contribution is 2.28. The van der Waals surface area contributed by atoms with Gasteiger partial charge in [-0.05, 0) is 25.0 Å². The van der Waals surface area contributed by atoms with E-state index in [4.69, 9.17) is 4.42 Å². The minimum Gasteiger partial charge on any atom is -0.419 e. The molecule has 5 nitrogen and oxygen atoms in total. The number of nitrogens with zero attached hydrogens (tertiary/aromatic N) is 2. The monoisotopic (exact) mass is 287 g/mol. The Bertz CT molecular complexity index is 562. The molecule has 1 aromatic heterocycles. The van der Waals surface area contributed by atoms with Gasteiger partial charge in [-0.25, -0.2) is 0 Å². The number of benzene rings is 1. The summed E-state index contributed by atoms with van der Waals surface area (Å²) in [6.45, 7) is 0.660. The highest BCUT2D eigenvalue weighted by molar-refractivity contribution is 5.51. The predicted molar refractivity (Wildman–Crippen MR) is 79.5 cm³/mol. The molecule has 1 heterocycles. The first kappa shape index (κ1) is 14.2. The van der Waals surface area contributed by atoms with Crippen LogP contribution in [0, 0.1) is 0 Å². The number of hydrogen-bond donors (Lipinski definition) is 2. The van der Waals surface area contributed by atoms with Crippen molar-refractivity contribution in [2.75, 3.05) is 6.61 Å². The van der Waals surface area contributed by atoms with Crippen molar-refractivity contribution in [3.63, 3.8) is 0 Å². The molecule has 0 bridgehead atoms. The molecule has 1 aromatic carbocycles. The minimum absolute atomic E-state index is 0.159. The van der Waals surface area contributed by atoms with Crippen LogP contribution in [0.2, 0.25) is 0 Å². The number of aliphatic hydroxyl groups is 1. The van der Waals surface area contributed by atoms with E-state index in [1.165, 1.54) is 6.42 Å². The first-order valence-corrected chi connectivity index (χ1v) is 7.55. The Morgan fingerprint density at radius 2 is 1.86 bits per heavy atom. The first-order valence-electron chi connectivity index (χ1n) is 7.55.